The number of hydrogen-bond donors (Lipinski definition) is 2. The van der Waals surface area contributed by atoms with Crippen LogP contribution < -0.4 is 0 Å². The summed E-state index contributed by atoms with van der Waals surface area (Å²) in [4.78, 5) is 45.2. The second-order valence-electron chi connectivity index (χ2n) is 10.0. The van der Waals surface area contributed by atoms with Crippen molar-refractivity contribution in [3.63, 3.8) is 0 Å². The lowest BCUT2D eigenvalue weighted by molar-refractivity contribution is -0.384. The van der Waals surface area contributed by atoms with Crippen molar-refractivity contribution in [1.29, 1.82) is 0 Å². The highest BCUT2D eigenvalue weighted by Crippen LogP contribution is 2.34. The first-order valence-corrected chi connectivity index (χ1v) is 15.2. The second-order valence-corrected chi connectivity index (χ2v) is 11.9. The summed E-state index contributed by atoms with van der Waals surface area (Å²) in [5, 5.41) is 44.1. The maximum Gasteiger partial charge on any atom is 0.309 e. The number of nitrogens with zero attached hydrogens (tertiary/aromatic N) is 6. The molecule has 0 radical (unpaired) electrons. The van der Waals surface area contributed by atoms with Gasteiger partial charge >= 0.3 is 5.97 Å². The van der Waals surface area contributed by atoms with Crippen molar-refractivity contribution in [2.24, 2.45) is 0 Å². The van der Waals surface area contributed by atoms with Gasteiger partial charge in [-0.1, -0.05) is 18.2 Å². The molecule has 224 valence electrons. The van der Waals surface area contributed by atoms with Gasteiger partial charge in [0.25, 0.3) is 11.4 Å². The maximum atomic E-state index is 12.0. The molecule has 13 nitrogen and oxygen atoms in total. The smallest absolute Gasteiger partial charge is 0.309 e. The van der Waals surface area contributed by atoms with Crippen LogP contribution in [0, 0.1) is 20.2 Å². The molecular formula is C29H24N6O7S2. The van der Waals surface area contributed by atoms with E-state index in [1.165, 1.54) is 28.7 Å². The quantitative estimate of drug-likeness (QED) is 0.128. The number of rotatable bonds is 12. The first kappa shape index (κ1) is 29.1. The van der Waals surface area contributed by atoms with E-state index in [2.05, 4.69) is 9.97 Å². The van der Waals surface area contributed by atoms with E-state index in [4.69, 9.17) is 5.11 Å². The molecule has 0 saturated carbocycles. The van der Waals surface area contributed by atoms with Gasteiger partial charge in [0.05, 0.1) is 38.8 Å². The van der Waals surface area contributed by atoms with E-state index in [1.54, 1.807) is 52.5 Å². The summed E-state index contributed by atoms with van der Waals surface area (Å²) >= 11 is 2.74. The molecule has 2 N–H and O–H groups in total. The normalized spacial score (nSPS) is 11.5. The number of carboxylic acid groups (broad SMARTS) is 1. The highest BCUT2D eigenvalue weighted by atomic mass is 32.1. The molecule has 0 unspecified atom stereocenters. The van der Waals surface area contributed by atoms with Gasteiger partial charge in [0.1, 0.15) is 0 Å². The molecule has 0 aliphatic rings. The SMILES string of the molecule is O=C(O)Cc1csc2nc(-c3ccc(CCCc4sc5nc(-c6ccccc6[N+](=O)[O-])cn5c4CCO)cc3[N+](=O)[O-])cn12. The summed E-state index contributed by atoms with van der Waals surface area (Å²) in [7, 11) is 0. The number of fused-ring (bicyclic) bond motifs is 2. The fourth-order valence-corrected chi connectivity index (χ4v) is 7.33. The number of aliphatic hydroxyl groups excluding tert-OH is 1. The number of hydrogen-bond acceptors (Lipinski definition) is 10. The second kappa shape index (κ2) is 11.9. The molecule has 6 aromatic rings. The Bertz CT molecular complexity index is 2060. The van der Waals surface area contributed by atoms with Crippen molar-refractivity contribution in [2.45, 2.75) is 32.1 Å². The number of nitro benzene ring substituents is 2. The first-order chi connectivity index (χ1) is 21.2. The van der Waals surface area contributed by atoms with Crippen LogP contribution in [-0.2, 0) is 30.5 Å². The topological polar surface area (TPSA) is 178 Å². The highest BCUT2D eigenvalue weighted by Gasteiger charge is 2.22. The Morgan fingerprint density at radius 3 is 2.32 bits per heavy atom. The number of aliphatic hydroxyl groups is 1. The number of benzene rings is 2. The minimum Gasteiger partial charge on any atom is -0.481 e. The zero-order valence-electron chi connectivity index (χ0n) is 23.0. The van der Waals surface area contributed by atoms with E-state index in [-0.39, 0.29) is 24.4 Å². The van der Waals surface area contributed by atoms with Gasteiger partial charge in [-0.05, 0) is 37.0 Å². The molecular weight excluding hydrogens is 608 g/mol. The minimum atomic E-state index is -0.974. The van der Waals surface area contributed by atoms with E-state index in [0.29, 0.717) is 63.8 Å². The lowest BCUT2D eigenvalue weighted by Gasteiger charge is -2.06. The van der Waals surface area contributed by atoms with Crippen molar-refractivity contribution >= 4 is 49.9 Å². The molecule has 4 heterocycles. The van der Waals surface area contributed by atoms with Gasteiger partial charge < -0.3 is 10.2 Å². The lowest BCUT2D eigenvalue weighted by atomic mass is 10.0. The van der Waals surface area contributed by atoms with Crippen LogP contribution in [0.2, 0.25) is 0 Å². The van der Waals surface area contributed by atoms with Gasteiger partial charge in [0.2, 0.25) is 0 Å². The Labute approximate surface area is 256 Å². The molecule has 0 spiro atoms. The Kier molecular flexibility index (Phi) is 7.90. The molecule has 6 rings (SSSR count). The molecule has 4 aromatic heterocycles. The number of carbonyl (C=O) groups is 1. The predicted octanol–water partition coefficient (Wildman–Crippen LogP) is 5.59. The lowest BCUT2D eigenvalue weighted by Crippen LogP contribution is -2.02. The van der Waals surface area contributed by atoms with Crippen molar-refractivity contribution in [2.75, 3.05) is 6.61 Å². The third-order valence-electron chi connectivity index (χ3n) is 7.25. The Morgan fingerprint density at radius 2 is 1.59 bits per heavy atom. The van der Waals surface area contributed by atoms with Gasteiger partial charge in [-0.2, -0.15) is 0 Å². The van der Waals surface area contributed by atoms with Crippen molar-refractivity contribution in [3.05, 3.63) is 102 Å². The Hall–Kier alpha value is -4.99. The van der Waals surface area contributed by atoms with Crippen LogP contribution in [0.3, 0.4) is 0 Å². The average molecular weight is 633 g/mol. The number of thiazole rings is 2. The van der Waals surface area contributed by atoms with E-state index in [0.717, 1.165) is 16.1 Å². The molecule has 0 aliphatic heterocycles. The zero-order chi connectivity index (χ0) is 31.0. The standard InChI is InChI=1S/C29H24N6O7S2/c36-11-10-24-26(44-29-31-22(15-33(24)29)19-5-1-2-6-23(19)34(39)40)7-3-4-17-8-9-20(25(12-17)35(41)42)21-14-32-18(13-27(37)38)16-43-28(32)30-21/h1-2,5-6,8-9,12,14-16,36H,3-4,7,10-11,13H2,(H,37,38). The molecule has 0 aliphatic carbocycles. The summed E-state index contributed by atoms with van der Waals surface area (Å²) in [5.74, 6) is -0.974. The largest absolute Gasteiger partial charge is 0.481 e. The van der Waals surface area contributed by atoms with E-state index >= 15 is 0 Å². The molecule has 0 fully saturated rings. The Morgan fingerprint density at radius 1 is 0.886 bits per heavy atom. The summed E-state index contributed by atoms with van der Waals surface area (Å²) in [5.41, 5.74) is 3.78. The van der Waals surface area contributed by atoms with E-state index in [9.17, 15) is 30.1 Å². The summed E-state index contributed by atoms with van der Waals surface area (Å²) in [6.07, 6.45) is 5.52. The van der Waals surface area contributed by atoms with Crippen LogP contribution in [0.5, 0.6) is 0 Å². The molecule has 44 heavy (non-hydrogen) atoms. The number of aliphatic carboxylic acids is 1. The first-order valence-electron chi connectivity index (χ1n) is 13.5. The number of aromatic nitrogens is 4. The summed E-state index contributed by atoms with van der Waals surface area (Å²) < 4.78 is 3.52. The van der Waals surface area contributed by atoms with Gasteiger partial charge in [0, 0.05) is 59.2 Å². The van der Waals surface area contributed by atoms with Crippen LogP contribution in [0.15, 0.2) is 60.2 Å². The molecule has 0 saturated heterocycles. The monoisotopic (exact) mass is 632 g/mol. The molecule has 15 heteroatoms. The van der Waals surface area contributed by atoms with Gasteiger partial charge in [-0.25, -0.2) is 9.97 Å². The third kappa shape index (κ3) is 5.55. The summed E-state index contributed by atoms with van der Waals surface area (Å²) in [6, 6.07) is 11.5. The van der Waals surface area contributed by atoms with Crippen molar-refractivity contribution in [3.8, 4) is 22.5 Å². The predicted molar refractivity (Wildman–Crippen MR) is 164 cm³/mol. The number of nitro groups is 2. The number of para-hydroxylation sites is 1. The molecule has 2 aromatic carbocycles. The average Bonchev–Trinajstić information content (AvgIpc) is 3.76. The van der Waals surface area contributed by atoms with Gasteiger partial charge in [0.15, 0.2) is 9.92 Å². The zero-order valence-corrected chi connectivity index (χ0v) is 24.6. The minimum absolute atomic E-state index is 0.0297. The highest BCUT2D eigenvalue weighted by molar-refractivity contribution is 7.17. The fourth-order valence-electron chi connectivity index (χ4n) is 5.27. The van der Waals surface area contributed by atoms with Crippen LogP contribution >= 0.6 is 22.7 Å². The van der Waals surface area contributed by atoms with Crippen LogP contribution in [0.25, 0.3) is 32.4 Å². The third-order valence-corrected chi connectivity index (χ3v) is 9.29. The number of imidazole rings is 2. The van der Waals surface area contributed by atoms with Crippen molar-refractivity contribution < 1.29 is 24.9 Å². The van der Waals surface area contributed by atoms with Crippen LogP contribution in [-0.4, -0.2) is 51.4 Å². The van der Waals surface area contributed by atoms with Crippen molar-refractivity contribution in [1.82, 2.24) is 18.8 Å². The Balaban J connectivity index is 1.21. The van der Waals surface area contributed by atoms with Crippen LogP contribution in [0.4, 0.5) is 11.4 Å². The molecule has 0 amide bonds. The van der Waals surface area contributed by atoms with Crippen LogP contribution in [0.1, 0.15) is 28.2 Å². The van der Waals surface area contributed by atoms with Gasteiger partial charge in [-0.3, -0.25) is 33.8 Å². The molecule has 0 atom stereocenters. The van der Waals surface area contributed by atoms with Gasteiger partial charge in [-0.15, -0.1) is 22.7 Å². The molecule has 0 bridgehead atoms. The van der Waals surface area contributed by atoms with E-state index < -0.39 is 15.8 Å². The number of carboxylic acids is 1. The number of aryl methyl sites for hydroxylation is 2. The fraction of sp³-hybridized carbons (Fsp3) is 0.207. The van der Waals surface area contributed by atoms with E-state index in [1.807, 2.05) is 10.5 Å². The maximum absolute atomic E-state index is 12.0. The summed E-state index contributed by atoms with van der Waals surface area (Å²) in [6.45, 7) is -0.0743.